The summed E-state index contributed by atoms with van der Waals surface area (Å²) in [7, 11) is 1.96. The van der Waals surface area contributed by atoms with Crippen LogP contribution in [-0.4, -0.2) is 4.57 Å². The zero-order valence-corrected chi connectivity index (χ0v) is 16.1. The molecule has 5 rings (SSSR count). The Morgan fingerprint density at radius 3 is 2.62 bits per heavy atom. The van der Waals surface area contributed by atoms with Gasteiger partial charge in [-0.1, -0.05) is 24.3 Å². The second-order valence-electron chi connectivity index (χ2n) is 6.16. The van der Waals surface area contributed by atoms with Crippen molar-refractivity contribution in [3.05, 3.63) is 72.6 Å². The van der Waals surface area contributed by atoms with E-state index in [4.69, 9.17) is 4.42 Å². The lowest BCUT2D eigenvalue weighted by atomic mass is 10.1. The molecule has 0 aliphatic carbocycles. The average Bonchev–Trinajstić information content (AvgIpc) is 3.19. The third kappa shape index (κ3) is 2.30. The summed E-state index contributed by atoms with van der Waals surface area (Å²) >= 11 is 0. The molecule has 5 aromatic rings. The molecule has 0 saturated heterocycles. The highest BCUT2D eigenvalue weighted by atomic mass is 127. The molecule has 0 bridgehead atoms. The Morgan fingerprint density at radius 1 is 0.962 bits per heavy atom. The molecule has 126 valence electrons. The van der Waals surface area contributed by atoms with Crippen LogP contribution in [0.15, 0.2) is 71.4 Å². The van der Waals surface area contributed by atoms with E-state index < -0.39 is 0 Å². The molecule has 4 nitrogen and oxygen atoms in total. The van der Waals surface area contributed by atoms with Gasteiger partial charge in [-0.3, -0.25) is 0 Å². The van der Waals surface area contributed by atoms with Crippen LogP contribution in [-0.2, 0) is 7.05 Å². The van der Waals surface area contributed by atoms with Crippen molar-refractivity contribution in [2.24, 2.45) is 7.05 Å². The predicted molar refractivity (Wildman–Crippen MR) is 96.4 cm³/mol. The molecule has 0 unspecified atom stereocenters. The van der Waals surface area contributed by atoms with E-state index >= 15 is 0 Å². The van der Waals surface area contributed by atoms with Crippen molar-refractivity contribution in [1.82, 2.24) is 4.57 Å². The van der Waals surface area contributed by atoms with E-state index in [1.165, 1.54) is 0 Å². The Labute approximate surface area is 166 Å². The van der Waals surface area contributed by atoms with Crippen LogP contribution in [0.4, 0.5) is 0 Å². The standard InChI is InChI=1S/C21H14N3O.HI/c1-23-13-24(18-7-4-5-14(12-22)21(18)23)15-9-10-17-16-6-2-3-8-19(16)25-20(17)11-15;/h2-11,13H,1H3;1H/q+1;/p-1. The number of aryl methyl sites for hydroxylation is 1. The normalized spacial score (nSPS) is 10.9. The van der Waals surface area contributed by atoms with Gasteiger partial charge in [0.25, 0.3) is 0 Å². The number of hydrogen-bond donors (Lipinski definition) is 0. The van der Waals surface area contributed by atoms with E-state index in [1.54, 1.807) is 0 Å². The first-order chi connectivity index (χ1) is 12.3. The van der Waals surface area contributed by atoms with Gasteiger partial charge in [0, 0.05) is 16.8 Å². The summed E-state index contributed by atoms with van der Waals surface area (Å²) in [5.41, 5.74) is 5.35. The molecule has 0 aliphatic rings. The molecule has 0 saturated carbocycles. The molecule has 3 aromatic carbocycles. The Balaban J connectivity index is 0.00000168. The monoisotopic (exact) mass is 451 g/mol. The van der Waals surface area contributed by atoms with Gasteiger partial charge in [-0.05, 0) is 30.3 Å². The van der Waals surface area contributed by atoms with Crippen LogP contribution in [0.1, 0.15) is 5.56 Å². The van der Waals surface area contributed by atoms with Crippen molar-refractivity contribution in [3.63, 3.8) is 0 Å². The third-order valence-electron chi connectivity index (χ3n) is 4.68. The molecule has 0 N–H and O–H groups in total. The van der Waals surface area contributed by atoms with Crippen molar-refractivity contribution in [3.8, 4) is 11.8 Å². The Bertz CT molecular complexity index is 1320. The SMILES string of the molecule is C[n+]1cn(-c2ccc3c(c2)oc2ccccc23)c2cccc(C#N)c21.[I-]. The van der Waals surface area contributed by atoms with Gasteiger partial charge < -0.3 is 28.4 Å². The quantitative estimate of drug-likeness (QED) is 0.285. The second-order valence-corrected chi connectivity index (χ2v) is 6.16. The van der Waals surface area contributed by atoms with E-state index in [-0.39, 0.29) is 24.0 Å². The molecular weight excluding hydrogens is 437 g/mol. The van der Waals surface area contributed by atoms with Crippen LogP contribution < -0.4 is 28.5 Å². The number of halogens is 1. The van der Waals surface area contributed by atoms with Crippen molar-refractivity contribution in [2.75, 3.05) is 0 Å². The minimum atomic E-state index is 0. The fraction of sp³-hybridized carbons (Fsp3) is 0.0476. The van der Waals surface area contributed by atoms with Gasteiger partial charge in [-0.25, -0.2) is 4.57 Å². The van der Waals surface area contributed by atoms with Gasteiger partial charge in [-0.15, -0.1) is 0 Å². The Kier molecular flexibility index (Phi) is 3.93. The number of aromatic nitrogens is 2. The molecule has 5 heteroatoms. The highest BCUT2D eigenvalue weighted by Gasteiger charge is 2.19. The lowest BCUT2D eigenvalue weighted by molar-refractivity contribution is -0.645. The van der Waals surface area contributed by atoms with Gasteiger partial charge >= 0.3 is 0 Å². The van der Waals surface area contributed by atoms with Gasteiger partial charge in [0.2, 0.25) is 6.33 Å². The number of imidazole rings is 1. The minimum Gasteiger partial charge on any atom is -1.00 e. The average molecular weight is 451 g/mol. The molecule has 0 fully saturated rings. The fourth-order valence-corrected chi connectivity index (χ4v) is 3.55. The van der Waals surface area contributed by atoms with E-state index in [9.17, 15) is 5.26 Å². The smallest absolute Gasteiger partial charge is 0.249 e. The van der Waals surface area contributed by atoms with Crippen molar-refractivity contribution in [2.45, 2.75) is 0 Å². The molecule has 0 aliphatic heterocycles. The first-order valence-corrected chi connectivity index (χ1v) is 8.08. The maximum absolute atomic E-state index is 9.37. The largest absolute Gasteiger partial charge is 1.00 e. The molecule has 0 amide bonds. The maximum atomic E-state index is 9.37. The highest BCUT2D eigenvalue weighted by molar-refractivity contribution is 6.05. The van der Waals surface area contributed by atoms with Crippen LogP contribution in [0.3, 0.4) is 0 Å². The van der Waals surface area contributed by atoms with Crippen LogP contribution in [0, 0.1) is 11.3 Å². The van der Waals surface area contributed by atoms with E-state index in [0.717, 1.165) is 38.7 Å². The summed E-state index contributed by atoms with van der Waals surface area (Å²) in [5, 5.41) is 11.6. The molecule has 26 heavy (non-hydrogen) atoms. The molecule has 0 atom stereocenters. The van der Waals surface area contributed by atoms with E-state index in [0.29, 0.717) is 5.56 Å². The molecular formula is C21H14IN3O. The van der Waals surface area contributed by atoms with Crippen molar-refractivity contribution >= 4 is 33.0 Å². The molecule has 0 spiro atoms. The summed E-state index contributed by atoms with van der Waals surface area (Å²) in [6.07, 6.45) is 2.00. The number of nitriles is 1. The molecule has 0 radical (unpaired) electrons. The summed E-state index contributed by atoms with van der Waals surface area (Å²) < 4.78 is 10.1. The first kappa shape index (κ1) is 16.6. The number of nitrogens with zero attached hydrogens (tertiary/aromatic N) is 3. The Hall–Kier alpha value is -2.85. The van der Waals surface area contributed by atoms with Gasteiger partial charge in [0.05, 0.1) is 7.05 Å². The van der Waals surface area contributed by atoms with Gasteiger partial charge in [-0.2, -0.15) is 9.83 Å². The number of furan rings is 1. The number of para-hydroxylation sites is 2. The van der Waals surface area contributed by atoms with Crippen LogP contribution in [0.25, 0.3) is 38.7 Å². The number of rotatable bonds is 1. The Morgan fingerprint density at radius 2 is 1.77 bits per heavy atom. The maximum Gasteiger partial charge on any atom is 0.249 e. The van der Waals surface area contributed by atoms with Gasteiger partial charge in [0.15, 0.2) is 11.0 Å². The second kappa shape index (κ2) is 6.15. The third-order valence-corrected chi connectivity index (χ3v) is 4.68. The lowest BCUT2D eigenvalue weighted by Crippen LogP contribution is -3.00. The highest BCUT2D eigenvalue weighted by Crippen LogP contribution is 2.30. The lowest BCUT2D eigenvalue weighted by Gasteiger charge is -1.97. The van der Waals surface area contributed by atoms with E-state index in [2.05, 4.69) is 28.8 Å². The topological polar surface area (TPSA) is 45.7 Å². The summed E-state index contributed by atoms with van der Waals surface area (Å²) in [5.74, 6) is 0. The number of benzene rings is 3. The minimum absolute atomic E-state index is 0. The van der Waals surface area contributed by atoms with Crippen LogP contribution >= 0.6 is 0 Å². The molecule has 2 aromatic heterocycles. The van der Waals surface area contributed by atoms with E-state index in [1.807, 2.05) is 60.4 Å². The summed E-state index contributed by atoms with van der Waals surface area (Å²) in [4.78, 5) is 0. The predicted octanol–water partition coefficient (Wildman–Crippen LogP) is 1.23. The first-order valence-electron chi connectivity index (χ1n) is 8.08. The van der Waals surface area contributed by atoms with Crippen molar-refractivity contribution < 1.29 is 33.0 Å². The molecule has 2 heterocycles. The zero-order chi connectivity index (χ0) is 17.0. The number of fused-ring (bicyclic) bond motifs is 4. The fourth-order valence-electron chi connectivity index (χ4n) is 3.55. The van der Waals surface area contributed by atoms with Crippen molar-refractivity contribution in [1.29, 1.82) is 5.26 Å². The van der Waals surface area contributed by atoms with Crippen LogP contribution in [0.2, 0.25) is 0 Å². The van der Waals surface area contributed by atoms with Gasteiger partial charge in [0.1, 0.15) is 28.5 Å². The summed E-state index contributed by atoms with van der Waals surface area (Å²) in [6.45, 7) is 0. The number of hydrogen-bond acceptors (Lipinski definition) is 2. The van der Waals surface area contributed by atoms with Crippen LogP contribution in [0.5, 0.6) is 0 Å². The zero-order valence-electron chi connectivity index (χ0n) is 14.0. The summed E-state index contributed by atoms with van der Waals surface area (Å²) in [6, 6.07) is 22.3.